The number of hydrogen-bond acceptors (Lipinski definition) is 6. The molecule has 0 fully saturated rings. The Kier molecular flexibility index (Phi) is 6.15. The van der Waals surface area contributed by atoms with Gasteiger partial charge in [-0.25, -0.2) is 8.42 Å². The van der Waals surface area contributed by atoms with Gasteiger partial charge < -0.3 is 9.52 Å². The Hall–Kier alpha value is -1.69. The molecule has 1 aromatic carbocycles. The molecule has 1 aromatic heterocycles. The molecule has 1 heterocycles. The SMILES string of the molecule is CN(C(CO)c1nnc(C(C)(C)C)o1)S(=O)(=O)c1ccc(C(F)(F)F)cc1Cl. The molecule has 0 aliphatic rings. The van der Waals surface area contributed by atoms with E-state index in [1.807, 2.05) is 0 Å². The molecule has 0 saturated carbocycles. The van der Waals surface area contributed by atoms with Gasteiger partial charge in [-0.1, -0.05) is 32.4 Å². The van der Waals surface area contributed by atoms with E-state index in [2.05, 4.69) is 10.2 Å². The first-order chi connectivity index (χ1) is 12.7. The van der Waals surface area contributed by atoms with Crippen molar-refractivity contribution < 1.29 is 31.1 Å². The van der Waals surface area contributed by atoms with Crippen LogP contribution in [0.25, 0.3) is 0 Å². The van der Waals surface area contributed by atoms with Crippen LogP contribution in [0.3, 0.4) is 0 Å². The molecule has 12 heteroatoms. The minimum Gasteiger partial charge on any atom is -0.423 e. The number of rotatable bonds is 5. The minimum atomic E-state index is -4.67. The average Bonchev–Trinajstić information content (AvgIpc) is 3.04. The fourth-order valence-corrected chi connectivity index (χ4v) is 4.05. The molecule has 1 unspecified atom stereocenters. The van der Waals surface area contributed by atoms with Crippen molar-refractivity contribution in [3.63, 3.8) is 0 Å². The molecule has 1 N–H and O–H groups in total. The maximum absolute atomic E-state index is 12.9. The molecule has 0 radical (unpaired) electrons. The van der Waals surface area contributed by atoms with Crippen LogP contribution in [0.4, 0.5) is 13.2 Å². The second-order valence-corrected chi connectivity index (χ2v) is 9.43. The van der Waals surface area contributed by atoms with Gasteiger partial charge in [0.05, 0.1) is 17.2 Å². The van der Waals surface area contributed by atoms with Crippen LogP contribution in [0.1, 0.15) is 44.2 Å². The lowest BCUT2D eigenvalue weighted by atomic mass is 9.97. The first kappa shape index (κ1) is 22.6. The molecule has 0 amide bonds. The Morgan fingerprint density at radius 1 is 1.25 bits per heavy atom. The lowest BCUT2D eigenvalue weighted by Crippen LogP contribution is -2.33. The van der Waals surface area contributed by atoms with Gasteiger partial charge in [-0.15, -0.1) is 10.2 Å². The van der Waals surface area contributed by atoms with Crippen LogP contribution < -0.4 is 0 Å². The molecule has 0 aliphatic carbocycles. The van der Waals surface area contributed by atoms with Crippen LogP contribution in [0, 0.1) is 0 Å². The molecule has 1 atom stereocenters. The highest BCUT2D eigenvalue weighted by Gasteiger charge is 2.36. The van der Waals surface area contributed by atoms with E-state index in [0.29, 0.717) is 12.1 Å². The van der Waals surface area contributed by atoms with Crippen molar-refractivity contribution in [2.24, 2.45) is 0 Å². The predicted octanol–water partition coefficient (Wildman–Crippen LogP) is 3.39. The van der Waals surface area contributed by atoms with E-state index in [1.54, 1.807) is 20.8 Å². The van der Waals surface area contributed by atoms with Crippen LogP contribution in [0.5, 0.6) is 0 Å². The third-order valence-corrected chi connectivity index (χ3v) is 6.24. The Morgan fingerprint density at radius 2 is 1.86 bits per heavy atom. The molecule has 2 rings (SSSR count). The van der Waals surface area contributed by atoms with Gasteiger partial charge in [0.1, 0.15) is 10.9 Å². The fourth-order valence-electron chi connectivity index (χ4n) is 2.23. The summed E-state index contributed by atoms with van der Waals surface area (Å²) < 4.78 is 70.2. The van der Waals surface area contributed by atoms with Gasteiger partial charge in [0.15, 0.2) is 0 Å². The molecule has 28 heavy (non-hydrogen) atoms. The number of alkyl halides is 3. The van der Waals surface area contributed by atoms with E-state index in [4.69, 9.17) is 16.0 Å². The fraction of sp³-hybridized carbons (Fsp3) is 0.500. The predicted molar refractivity (Wildman–Crippen MR) is 94.2 cm³/mol. The van der Waals surface area contributed by atoms with E-state index in [-0.39, 0.29) is 11.8 Å². The van der Waals surface area contributed by atoms with Crippen LogP contribution in [-0.4, -0.2) is 41.7 Å². The van der Waals surface area contributed by atoms with Gasteiger partial charge in [0.25, 0.3) is 0 Å². The number of hydrogen-bond donors (Lipinski definition) is 1. The monoisotopic (exact) mass is 441 g/mol. The van der Waals surface area contributed by atoms with Crippen LogP contribution in [0.15, 0.2) is 27.5 Å². The molecule has 2 aromatic rings. The number of aromatic nitrogens is 2. The molecule has 7 nitrogen and oxygen atoms in total. The highest BCUT2D eigenvalue weighted by atomic mass is 35.5. The zero-order valence-corrected chi connectivity index (χ0v) is 17.0. The highest BCUT2D eigenvalue weighted by molar-refractivity contribution is 7.89. The van der Waals surface area contributed by atoms with Crippen LogP contribution >= 0.6 is 11.6 Å². The van der Waals surface area contributed by atoms with Gasteiger partial charge in [-0.05, 0) is 18.2 Å². The minimum absolute atomic E-state index is 0.151. The van der Waals surface area contributed by atoms with Gasteiger partial charge in [0, 0.05) is 12.5 Å². The van der Waals surface area contributed by atoms with E-state index < -0.39 is 49.7 Å². The zero-order chi connectivity index (χ0) is 21.5. The van der Waals surface area contributed by atoms with Crippen LogP contribution in [-0.2, 0) is 21.6 Å². The first-order valence-electron chi connectivity index (χ1n) is 7.99. The number of halogens is 4. The Balaban J connectivity index is 2.42. The van der Waals surface area contributed by atoms with Crippen molar-refractivity contribution in [1.82, 2.24) is 14.5 Å². The summed E-state index contributed by atoms with van der Waals surface area (Å²) in [6.07, 6.45) is -4.67. The van der Waals surface area contributed by atoms with Crippen molar-refractivity contribution in [3.05, 3.63) is 40.6 Å². The summed E-state index contributed by atoms with van der Waals surface area (Å²) >= 11 is 5.80. The zero-order valence-electron chi connectivity index (χ0n) is 15.5. The Labute approximate surface area is 165 Å². The lowest BCUT2D eigenvalue weighted by molar-refractivity contribution is -0.137. The largest absolute Gasteiger partial charge is 0.423 e. The summed E-state index contributed by atoms with van der Waals surface area (Å²) in [6.45, 7) is 4.72. The van der Waals surface area contributed by atoms with Crippen molar-refractivity contribution in [1.29, 1.82) is 0 Å². The molecular formula is C16H19ClF3N3O4S. The summed E-state index contributed by atoms with van der Waals surface area (Å²) in [5.41, 5.74) is -1.58. The summed E-state index contributed by atoms with van der Waals surface area (Å²) in [4.78, 5) is -0.543. The highest BCUT2D eigenvalue weighted by Crippen LogP contribution is 2.35. The third-order valence-electron chi connectivity index (χ3n) is 3.90. The Bertz CT molecular complexity index is 955. The Morgan fingerprint density at radius 3 is 2.29 bits per heavy atom. The molecule has 0 saturated heterocycles. The number of benzene rings is 1. The first-order valence-corrected chi connectivity index (χ1v) is 9.81. The standard InChI is InChI=1S/C16H19ClF3N3O4S/c1-15(2,3)14-22-21-13(27-14)11(8-24)23(4)28(25,26)12-6-5-9(7-10(12)17)16(18,19)20/h5-7,11,24H,8H2,1-4H3. The van der Waals surface area contributed by atoms with Crippen molar-refractivity contribution in [2.75, 3.05) is 13.7 Å². The topological polar surface area (TPSA) is 96.5 Å². The normalized spacial score (nSPS) is 14.5. The molecule has 0 bridgehead atoms. The van der Waals surface area contributed by atoms with Gasteiger partial charge in [-0.2, -0.15) is 17.5 Å². The molecule has 0 aliphatic heterocycles. The average molecular weight is 442 g/mol. The van der Waals surface area contributed by atoms with Gasteiger partial charge >= 0.3 is 6.18 Å². The summed E-state index contributed by atoms with van der Waals surface area (Å²) in [5.74, 6) is 0.0841. The quantitative estimate of drug-likeness (QED) is 0.764. The van der Waals surface area contributed by atoms with Crippen LogP contribution in [0.2, 0.25) is 5.02 Å². The molecular weight excluding hydrogens is 423 g/mol. The number of aliphatic hydroxyl groups excluding tert-OH is 1. The summed E-state index contributed by atoms with van der Waals surface area (Å²) in [7, 11) is -3.24. The number of nitrogens with zero attached hydrogens (tertiary/aromatic N) is 3. The van der Waals surface area contributed by atoms with Crippen molar-refractivity contribution in [3.8, 4) is 0 Å². The third kappa shape index (κ3) is 4.48. The molecule has 0 spiro atoms. The second-order valence-electron chi connectivity index (χ2n) is 7.06. The van der Waals surface area contributed by atoms with Crippen molar-refractivity contribution in [2.45, 2.75) is 43.3 Å². The van der Waals surface area contributed by atoms with E-state index in [1.165, 1.54) is 0 Å². The van der Waals surface area contributed by atoms with Crippen molar-refractivity contribution >= 4 is 21.6 Å². The molecule has 156 valence electrons. The number of aliphatic hydroxyl groups is 1. The lowest BCUT2D eigenvalue weighted by Gasteiger charge is -2.24. The summed E-state index contributed by atoms with van der Waals surface area (Å²) in [5, 5.41) is 16.7. The van der Waals surface area contributed by atoms with E-state index in [9.17, 15) is 26.7 Å². The maximum atomic E-state index is 12.9. The number of likely N-dealkylation sites (N-methyl/N-ethyl adjacent to an activating group) is 1. The van der Waals surface area contributed by atoms with E-state index >= 15 is 0 Å². The number of sulfonamides is 1. The van der Waals surface area contributed by atoms with E-state index in [0.717, 1.165) is 17.4 Å². The summed E-state index contributed by atoms with van der Waals surface area (Å²) in [6, 6.07) is 0.665. The maximum Gasteiger partial charge on any atom is 0.416 e. The van der Waals surface area contributed by atoms with Gasteiger partial charge in [0.2, 0.25) is 21.8 Å². The second kappa shape index (κ2) is 7.62. The van der Waals surface area contributed by atoms with Gasteiger partial charge in [-0.3, -0.25) is 0 Å². The smallest absolute Gasteiger partial charge is 0.416 e.